The van der Waals surface area contributed by atoms with Gasteiger partial charge < -0.3 is 0 Å². The number of carbonyl (C=O) groups is 1. The molecule has 0 radical (unpaired) electrons. The van der Waals surface area contributed by atoms with Crippen molar-refractivity contribution < 1.29 is 26.4 Å². The molecule has 29 heavy (non-hydrogen) atoms. The summed E-state index contributed by atoms with van der Waals surface area (Å²) < 4.78 is 66.3. The van der Waals surface area contributed by atoms with Crippen molar-refractivity contribution in [2.24, 2.45) is 5.14 Å². The van der Waals surface area contributed by atoms with E-state index in [0.29, 0.717) is 6.07 Å². The van der Waals surface area contributed by atoms with Crippen LogP contribution in [0.25, 0.3) is 11.1 Å². The number of primary sulfonamides is 1. The van der Waals surface area contributed by atoms with Crippen LogP contribution in [0.2, 0.25) is 5.28 Å². The van der Waals surface area contributed by atoms with E-state index in [-0.39, 0.29) is 17.4 Å². The number of ketones is 1. The molecule has 0 spiro atoms. The smallest absolute Gasteiger partial charge is 0.243 e. The van der Waals surface area contributed by atoms with Crippen LogP contribution in [0, 0.1) is 17.5 Å². The Bertz CT molecular complexity index is 1240. The fourth-order valence-corrected chi connectivity index (χ4v) is 3.55. The van der Waals surface area contributed by atoms with Crippen LogP contribution < -0.4 is 5.14 Å². The van der Waals surface area contributed by atoms with Crippen molar-refractivity contribution in [3.63, 3.8) is 0 Å². The summed E-state index contributed by atoms with van der Waals surface area (Å²) in [6.07, 6.45) is 1.02. The highest BCUT2D eigenvalue weighted by Crippen LogP contribution is 2.32. The largest absolute Gasteiger partial charge is 0.294 e. The normalized spacial score (nSPS) is 11.5. The van der Waals surface area contributed by atoms with Crippen LogP contribution in [0.4, 0.5) is 13.2 Å². The van der Waals surface area contributed by atoms with Crippen molar-refractivity contribution >= 4 is 27.4 Å². The topological polar surface area (TPSA) is 103 Å². The summed E-state index contributed by atoms with van der Waals surface area (Å²) in [7, 11) is -4.74. The van der Waals surface area contributed by atoms with Gasteiger partial charge in [-0.25, -0.2) is 36.7 Å². The first-order valence-corrected chi connectivity index (χ1v) is 9.82. The molecule has 3 rings (SSSR count). The molecule has 1 heterocycles. The molecule has 6 nitrogen and oxygen atoms in total. The lowest BCUT2D eigenvalue weighted by Gasteiger charge is -2.11. The molecule has 2 aromatic carbocycles. The van der Waals surface area contributed by atoms with Gasteiger partial charge in [0, 0.05) is 17.3 Å². The monoisotopic (exact) mass is 441 g/mol. The SMILES string of the molecule is NS(=O)(=O)c1c(F)ccc(-c2cccc(C(=O)Cc3ccnc(Cl)n3)c2F)c1F. The van der Waals surface area contributed by atoms with Crippen LogP contribution in [-0.4, -0.2) is 24.2 Å². The quantitative estimate of drug-likeness (QED) is 0.483. The minimum atomic E-state index is -4.74. The Morgan fingerprint density at radius 1 is 1.03 bits per heavy atom. The average Bonchev–Trinajstić information content (AvgIpc) is 2.61. The van der Waals surface area contributed by atoms with Crippen molar-refractivity contribution in [2.75, 3.05) is 0 Å². The number of carbonyl (C=O) groups excluding carboxylic acids is 1. The molecular formula is C18H11ClF3N3O3S. The molecule has 0 atom stereocenters. The molecule has 3 aromatic rings. The minimum Gasteiger partial charge on any atom is -0.294 e. The Morgan fingerprint density at radius 2 is 1.72 bits per heavy atom. The van der Waals surface area contributed by atoms with Crippen LogP contribution >= 0.6 is 11.6 Å². The molecule has 0 unspecified atom stereocenters. The number of rotatable bonds is 5. The van der Waals surface area contributed by atoms with Gasteiger partial charge in [-0.15, -0.1) is 0 Å². The van der Waals surface area contributed by atoms with E-state index in [1.165, 1.54) is 24.4 Å². The number of nitrogens with zero attached hydrogens (tertiary/aromatic N) is 2. The number of Topliss-reactive ketones (excluding diaryl/α,β-unsaturated/α-hetero) is 1. The van der Waals surface area contributed by atoms with E-state index in [1.54, 1.807) is 0 Å². The van der Waals surface area contributed by atoms with E-state index in [9.17, 15) is 26.4 Å². The number of sulfonamides is 1. The second-order valence-corrected chi connectivity index (χ2v) is 7.70. The van der Waals surface area contributed by atoms with Gasteiger partial charge in [0.15, 0.2) is 16.5 Å². The van der Waals surface area contributed by atoms with Crippen LogP contribution in [0.1, 0.15) is 16.1 Å². The third-order valence-corrected chi connectivity index (χ3v) is 5.07. The Balaban J connectivity index is 2.07. The minimum absolute atomic E-state index is 0.0894. The van der Waals surface area contributed by atoms with Gasteiger partial charge in [-0.3, -0.25) is 4.79 Å². The van der Waals surface area contributed by atoms with E-state index in [2.05, 4.69) is 9.97 Å². The predicted molar refractivity (Wildman–Crippen MR) is 98.2 cm³/mol. The number of benzene rings is 2. The van der Waals surface area contributed by atoms with Crippen LogP contribution in [-0.2, 0) is 16.4 Å². The Morgan fingerprint density at radius 3 is 2.38 bits per heavy atom. The molecule has 2 N–H and O–H groups in total. The Kier molecular flexibility index (Phi) is 5.69. The third-order valence-electron chi connectivity index (χ3n) is 3.95. The lowest BCUT2D eigenvalue weighted by Crippen LogP contribution is -2.17. The average molecular weight is 442 g/mol. The molecule has 0 aliphatic heterocycles. The fourth-order valence-electron chi connectivity index (χ4n) is 2.68. The number of nitrogens with two attached hydrogens (primary N) is 1. The molecule has 0 saturated heterocycles. The van der Waals surface area contributed by atoms with Gasteiger partial charge >= 0.3 is 0 Å². The van der Waals surface area contributed by atoms with Crippen molar-refractivity contribution in [3.05, 3.63) is 76.6 Å². The van der Waals surface area contributed by atoms with Crippen molar-refractivity contribution in [3.8, 4) is 11.1 Å². The van der Waals surface area contributed by atoms with E-state index in [1.807, 2.05) is 0 Å². The van der Waals surface area contributed by atoms with Crippen LogP contribution in [0.15, 0.2) is 47.5 Å². The maximum Gasteiger partial charge on any atom is 0.243 e. The first kappa shape index (κ1) is 20.9. The number of halogens is 4. The summed E-state index contributed by atoms with van der Waals surface area (Å²) in [5, 5.41) is 4.75. The second-order valence-electron chi connectivity index (χ2n) is 5.87. The van der Waals surface area contributed by atoms with Gasteiger partial charge in [0.25, 0.3) is 0 Å². The summed E-state index contributed by atoms with van der Waals surface area (Å²) in [6.45, 7) is 0. The van der Waals surface area contributed by atoms with Gasteiger partial charge in [0.1, 0.15) is 11.6 Å². The molecule has 1 aromatic heterocycles. The molecule has 0 saturated carbocycles. The van der Waals surface area contributed by atoms with Crippen LogP contribution in [0.5, 0.6) is 0 Å². The molecule has 0 amide bonds. The lowest BCUT2D eigenvalue weighted by molar-refractivity contribution is 0.0988. The summed E-state index contributed by atoms with van der Waals surface area (Å²) in [5.41, 5.74) is -1.14. The second kappa shape index (κ2) is 7.90. The standard InChI is InChI=1S/C18H11ClF3N3O3S/c19-18-24-7-6-9(25-18)8-14(26)12-3-1-2-10(15(12)21)11-4-5-13(20)17(16(11)22)29(23,27)28/h1-7H,8H2,(H2,23,27,28). The highest BCUT2D eigenvalue weighted by molar-refractivity contribution is 7.89. The Hall–Kier alpha value is -2.82. The zero-order valence-electron chi connectivity index (χ0n) is 14.4. The molecule has 150 valence electrons. The summed E-state index contributed by atoms with van der Waals surface area (Å²) in [6, 6.07) is 6.50. The van der Waals surface area contributed by atoms with Gasteiger partial charge in [-0.1, -0.05) is 12.1 Å². The van der Waals surface area contributed by atoms with Crippen LogP contribution in [0.3, 0.4) is 0 Å². The first-order valence-electron chi connectivity index (χ1n) is 7.90. The van der Waals surface area contributed by atoms with Gasteiger partial charge in [-0.05, 0) is 35.9 Å². The van der Waals surface area contributed by atoms with Gasteiger partial charge in [0.05, 0.1) is 17.7 Å². The zero-order chi connectivity index (χ0) is 21.3. The Labute approximate surface area is 168 Å². The highest BCUT2D eigenvalue weighted by Gasteiger charge is 2.26. The van der Waals surface area contributed by atoms with E-state index in [4.69, 9.17) is 16.7 Å². The maximum atomic E-state index is 15.0. The van der Waals surface area contributed by atoms with Crippen molar-refractivity contribution in [1.82, 2.24) is 9.97 Å². The van der Waals surface area contributed by atoms with Gasteiger partial charge in [0.2, 0.25) is 15.3 Å². The van der Waals surface area contributed by atoms with E-state index in [0.717, 1.165) is 12.1 Å². The number of aromatic nitrogens is 2. The van der Waals surface area contributed by atoms with Gasteiger partial charge in [-0.2, -0.15) is 0 Å². The molecule has 0 aliphatic carbocycles. The molecule has 0 fully saturated rings. The maximum absolute atomic E-state index is 15.0. The number of hydrogen-bond donors (Lipinski definition) is 1. The summed E-state index contributed by atoms with van der Waals surface area (Å²) in [4.78, 5) is 18.6. The highest BCUT2D eigenvalue weighted by atomic mass is 35.5. The van der Waals surface area contributed by atoms with Crippen molar-refractivity contribution in [1.29, 1.82) is 0 Å². The molecule has 0 aliphatic rings. The third kappa shape index (κ3) is 4.29. The molecule has 0 bridgehead atoms. The summed E-state index contributed by atoms with van der Waals surface area (Å²) in [5.74, 6) is -4.77. The first-order chi connectivity index (χ1) is 13.6. The fraction of sp³-hybridized carbons (Fsp3) is 0.0556. The summed E-state index contributed by atoms with van der Waals surface area (Å²) >= 11 is 5.65. The zero-order valence-corrected chi connectivity index (χ0v) is 15.9. The molecule has 11 heteroatoms. The van der Waals surface area contributed by atoms with E-state index >= 15 is 0 Å². The predicted octanol–water partition coefficient (Wildman–Crippen LogP) is 3.29. The molecular weight excluding hydrogens is 431 g/mol. The van der Waals surface area contributed by atoms with Crippen molar-refractivity contribution in [2.45, 2.75) is 11.3 Å². The lowest BCUT2D eigenvalue weighted by atomic mass is 9.98. The van der Waals surface area contributed by atoms with E-state index < -0.39 is 54.8 Å². The number of hydrogen-bond acceptors (Lipinski definition) is 5.